The number of urea groups is 1. The fourth-order valence-corrected chi connectivity index (χ4v) is 2.67. The molecule has 0 atom stereocenters. The highest BCUT2D eigenvalue weighted by atomic mass is 16.2. The van der Waals surface area contributed by atoms with Crippen molar-refractivity contribution in [1.29, 1.82) is 5.26 Å². The Kier molecular flexibility index (Phi) is 4.06. The van der Waals surface area contributed by atoms with E-state index in [1.165, 1.54) is 11.1 Å². The molecule has 22 heavy (non-hydrogen) atoms. The first kappa shape index (κ1) is 14.2. The predicted molar refractivity (Wildman–Crippen MR) is 85.3 cm³/mol. The number of carbonyl (C=O) groups is 1. The molecule has 0 bridgehead atoms. The van der Waals surface area contributed by atoms with Gasteiger partial charge in [-0.2, -0.15) is 5.26 Å². The van der Waals surface area contributed by atoms with Crippen molar-refractivity contribution in [3.05, 3.63) is 65.2 Å². The van der Waals surface area contributed by atoms with E-state index in [2.05, 4.69) is 23.5 Å². The van der Waals surface area contributed by atoms with Crippen LogP contribution >= 0.6 is 0 Å². The molecule has 0 saturated carbocycles. The number of fused-ring (bicyclic) bond motifs is 1. The summed E-state index contributed by atoms with van der Waals surface area (Å²) in [6, 6.07) is 17.7. The number of hydrogen-bond donors (Lipinski definition) is 1. The Morgan fingerprint density at radius 3 is 2.59 bits per heavy atom. The Hall–Kier alpha value is -2.80. The van der Waals surface area contributed by atoms with Crippen LogP contribution in [0.2, 0.25) is 0 Å². The second-order valence-electron chi connectivity index (χ2n) is 5.40. The number of nitrogens with zero attached hydrogens (tertiary/aromatic N) is 2. The molecular weight excluding hydrogens is 274 g/mol. The van der Waals surface area contributed by atoms with E-state index in [-0.39, 0.29) is 6.03 Å². The summed E-state index contributed by atoms with van der Waals surface area (Å²) in [7, 11) is 0. The van der Waals surface area contributed by atoms with Crippen LogP contribution in [0.4, 0.5) is 10.5 Å². The number of rotatable bonds is 2. The van der Waals surface area contributed by atoms with Gasteiger partial charge in [-0.25, -0.2) is 4.79 Å². The Morgan fingerprint density at radius 1 is 1.14 bits per heavy atom. The van der Waals surface area contributed by atoms with E-state index in [0.717, 1.165) is 24.2 Å². The minimum Gasteiger partial charge on any atom is -0.320 e. The van der Waals surface area contributed by atoms with Crippen LogP contribution < -0.4 is 5.32 Å². The lowest BCUT2D eigenvalue weighted by molar-refractivity contribution is 0.206. The number of nitrogens with one attached hydrogen (secondary N) is 1. The number of hydrogen-bond acceptors (Lipinski definition) is 2. The van der Waals surface area contributed by atoms with Crippen molar-refractivity contribution in [2.75, 3.05) is 11.9 Å². The van der Waals surface area contributed by atoms with Crippen LogP contribution in [0.25, 0.3) is 0 Å². The first-order valence-electron chi connectivity index (χ1n) is 7.35. The zero-order valence-electron chi connectivity index (χ0n) is 12.2. The molecule has 2 amide bonds. The van der Waals surface area contributed by atoms with Gasteiger partial charge in [0.05, 0.1) is 12.5 Å². The normalized spacial score (nSPS) is 13.1. The van der Waals surface area contributed by atoms with Crippen LogP contribution in [0.5, 0.6) is 0 Å². The van der Waals surface area contributed by atoms with Crippen LogP contribution in [0.3, 0.4) is 0 Å². The SMILES string of the molecule is N#CCc1ccc(NC(=O)N2CCc3ccccc3C2)cc1. The Labute approximate surface area is 130 Å². The molecule has 0 unspecified atom stereocenters. The molecule has 1 N–H and O–H groups in total. The van der Waals surface area contributed by atoms with Crippen molar-refractivity contribution < 1.29 is 4.79 Å². The smallest absolute Gasteiger partial charge is 0.320 e. The fourth-order valence-electron chi connectivity index (χ4n) is 2.67. The van der Waals surface area contributed by atoms with Gasteiger partial charge in [0.2, 0.25) is 0 Å². The molecule has 4 nitrogen and oxygen atoms in total. The summed E-state index contributed by atoms with van der Waals surface area (Å²) < 4.78 is 0. The number of amides is 2. The van der Waals surface area contributed by atoms with Crippen LogP contribution in [0.15, 0.2) is 48.5 Å². The fraction of sp³-hybridized carbons (Fsp3) is 0.222. The molecule has 0 aromatic heterocycles. The summed E-state index contributed by atoms with van der Waals surface area (Å²) in [5, 5.41) is 11.6. The molecule has 3 rings (SSSR count). The molecule has 1 aliphatic rings. The number of carbonyl (C=O) groups excluding carboxylic acids is 1. The lowest BCUT2D eigenvalue weighted by Crippen LogP contribution is -2.38. The standard InChI is InChI=1S/C18H17N3O/c19-11-9-14-5-7-17(8-6-14)20-18(22)21-12-10-15-3-1-2-4-16(15)13-21/h1-8H,9-10,12-13H2,(H,20,22). The minimum absolute atomic E-state index is 0.0810. The molecule has 4 heteroatoms. The number of anilines is 1. The molecule has 2 aromatic rings. The van der Waals surface area contributed by atoms with E-state index in [1.54, 1.807) is 0 Å². The summed E-state index contributed by atoms with van der Waals surface area (Å²) in [4.78, 5) is 14.2. The molecule has 0 fully saturated rings. The topological polar surface area (TPSA) is 56.1 Å². The van der Waals surface area contributed by atoms with Crippen LogP contribution in [-0.4, -0.2) is 17.5 Å². The van der Waals surface area contributed by atoms with Gasteiger partial charge >= 0.3 is 6.03 Å². The predicted octanol–water partition coefficient (Wildman–Crippen LogP) is 3.34. The highest BCUT2D eigenvalue weighted by molar-refractivity contribution is 5.89. The van der Waals surface area contributed by atoms with Gasteiger partial charge in [0, 0.05) is 18.8 Å². The first-order chi connectivity index (χ1) is 10.8. The third-order valence-electron chi connectivity index (χ3n) is 3.91. The zero-order chi connectivity index (χ0) is 15.4. The Balaban J connectivity index is 1.64. The molecule has 110 valence electrons. The molecule has 0 aliphatic carbocycles. The van der Waals surface area contributed by atoms with Gasteiger partial charge in [0.15, 0.2) is 0 Å². The second-order valence-corrected chi connectivity index (χ2v) is 5.40. The van der Waals surface area contributed by atoms with Crippen LogP contribution in [0, 0.1) is 11.3 Å². The average Bonchev–Trinajstić information content (AvgIpc) is 2.56. The maximum atomic E-state index is 12.4. The van der Waals surface area contributed by atoms with Gasteiger partial charge in [-0.15, -0.1) is 0 Å². The third kappa shape index (κ3) is 3.09. The zero-order valence-corrected chi connectivity index (χ0v) is 12.2. The lowest BCUT2D eigenvalue weighted by Gasteiger charge is -2.29. The first-order valence-corrected chi connectivity index (χ1v) is 7.35. The average molecular weight is 291 g/mol. The van der Waals surface area contributed by atoms with Gasteiger partial charge < -0.3 is 10.2 Å². The van der Waals surface area contributed by atoms with Crippen molar-refractivity contribution in [2.45, 2.75) is 19.4 Å². The molecule has 0 saturated heterocycles. The van der Waals surface area contributed by atoms with E-state index in [1.807, 2.05) is 41.3 Å². The van der Waals surface area contributed by atoms with E-state index in [9.17, 15) is 4.79 Å². The second kappa shape index (κ2) is 6.31. The van der Waals surface area contributed by atoms with Gasteiger partial charge in [-0.3, -0.25) is 0 Å². The molecule has 0 spiro atoms. The summed E-state index contributed by atoms with van der Waals surface area (Å²) in [5.74, 6) is 0. The van der Waals surface area contributed by atoms with Crippen molar-refractivity contribution in [3.63, 3.8) is 0 Å². The molecule has 2 aromatic carbocycles. The monoisotopic (exact) mass is 291 g/mol. The minimum atomic E-state index is -0.0810. The highest BCUT2D eigenvalue weighted by Gasteiger charge is 2.20. The third-order valence-corrected chi connectivity index (χ3v) is 3.91. The summed E-state index contributed by atoms with van der Waals surface area (Å²) in [6.45, 7) is 1.38. The molecule has 0 radical (unpaired) electrons. The van der Waals surface area contributed by atoms with E-state index >= 15 is 0 Å². The van der Waals surface area contributed by atoms with E-state index < -0.39 is 0 Å². The van der Waals surface area contributed by atoms with E-state index in [4.69, 9.17) is 5.26 Å². The van der Waals surface area contributed by atoms with Crippen molar-refractivity contribution >= 4 is 11.7 Å². The van der Waals surface area contributed by atoms with Gasteiger partial charge in [-0.05, 0) is 35.2 Å². The van der Waals surface area contributed by atoms with Crippen molar-refractivity contribution in [3.8, 4) is 6.07 Å². The van der Waals surface area contributed by atoms with Gasteiger partial charge in [0.25, 0.3) is 0 Å². The van der Waals surface area contributed by atoms with Gasteiger partial charge in [-0.1, -0.05) is 36.4 Å². The van der Waals surface area contributed by atoms with Crippen LogP contribution in [-0.2, 0) is 19.4 Å². The lowest BCUT2D eigenvalue weighted by atomic mass is 10.0. The summed E-state index contributed by atoms with van der Waals surface area (Å²) in [6.07, 6.45) is 1.28. The Bertz CT molecular complexity index is 716. The summed E-state index contributed by atoms with van der Waals surface area (Å²) in [5.41, 5.74) is 4.25. The summed E-state index contributed by atoms with van der Waals surface area (Å²) >= 11 is 0. The number of benzene rings is 2. The van der Waals surface area contributed by atoms with E-state index in [0.29, 0.717) is 13.0 Å². The maximum Gasteiger partial charge on any atom is 0.322 e. The van der Waals surface area contributed by atoms with Crippen LogP contribution in [0.1, 0.15) is 16.7 Å². The largest absolute Gasteiger partial charge is 0.322 e. The van der Waals surface area contributed by atoms with Crippen molar-refractivity contribution in [1.82, 2.24) is 4.90 Å². The Morgan fingerprint density at radius 2 is 1.86 bits per heavy atom. The molecular formula is C18H17N3O. The number of nitriles is 1. The maximum absolute atomic E-state index is 12.4. The van der Waals surface area contributed by atoms with Gasteiger partial charge in [0.1, 0.15) is 0 Å². The highest BCUT2D eigenvalue weighted by Crippen LogP contribution is 2.19. The molecule has 1 aliphatic heterocycles. The quantitative estimate of drug-likeness (QED) is 0.922. The van der Waals surface area contributed by atoms with Crippen molar-refractivity contribution in [2.24, 2.45) is 0 Å². The molecule has 1 heterocycles.